The van der Waals surface area contributed by atoms with E-state index in [1.807, 2.05) is 7.05 Å². The van der Waals surface area contributed by atoms with E-state index in [4.69, 9.17) is 0 Å². The van der Waals surface area contributed by atoms with Crippen LogP contribution in [0.1, 0.15) is 30.7 Å². The second-order valence-corrected chi connectivity index (χ2v) is 4.52. The zero-order valence-corrected chi connectivity index (χ0v) is 9.47. The first-order valence-corrected chi connectivity index (χ1v) is 5.82. The molecule has 1 fully saturated rings. The van der Waals surface area contributed by atoms with Crippen molar-refractivity contribution in [1.82, 2.24) is 5.32 Å². The summed E-state index contributed by atoms with van der Waals surface area (Å²) in [6, 6.07) is 3.95. The molecule has 16 heavy (non-hydrogen) atoms. The quantitative estimate of drug-likeness (QED) is 0.833. The van der Waals surface area contributed by atoms with Crippen molar-refractivity contribution in [3.63, 3.8) is 0 Å². The monoisotopic (exact) mass is 225 g/mol. The van der Waals surface area contributed by atoms with Crippen molar-refractivity contribution in [2.24, 2.45) is 5.92 Å². The highest BCUT2D eigenvalue weighted by atomic mass is 19.1. The lowest BCUT2D eigenvalue weighted by atomic mass is 9.88. The lowest BCUT2D eigenvalue weighted by molar-refractivity contribution is 0.445. The molecule has 0 bridgehead atoms. The van der Waals surface area contributed by atoms with Crippen LogP contribution in [0.2, 0.25) is 0 Å². The molecule has 0 radical (unpaired) electrons. The first-order chi connectivity index (χ1) is 7.72. The van der Waals surface area contributed by atoms with E-state index in [2.05, 4.69) is 5.32 Å². The Morgan fingerprint density at radius 1 is 1.31 bits per heavy atom. The minimum Gasteiger partial charge on any atom is -0.319 e. The van der Waals surface area contributed by atoms with E-state index in [0.717, 1.165) is 31.9 Å². The average Bonchev–Trinajstić information content (AvgIpc) is 2.67. The van der Waals surface area contributed by atoms with Crippen molar-refractivity contribution < 1.29 is 8.78 Å². The van der Waals surface area contributed by atoms with Gasteiger partial charge < -0.3 is 5.32 Å². The summed E-state index contributed by atoms with van der Waals surface area (Å²) < 4.78 is 26.5. The van der Waals surface area contributed by atoms with Gasteiger partial charge in [-0.2, -0.15) is 0 Å². The first kappa shape index (κ1) is 11.5. The van der Waals surface area contributed by atoms with Gasteiger partial charge in [0.15, 0.2) is 0 Å². The molecule has 1 saturated carbocycles. The molecule has 0 saturated heterocycles. The Morgan fingerprint density at radius 2 is 2.12 bits per heavy atom. The fraction of sp³-hybridized carbons (Fsp3) is 0.538. The molecule has 1 aromatic carbocycles. The highest BCUT2D eigenvalue weighted by Crippen LogP contribution is 2.40. The lowest BCUT2D eigenvalue weighted by Gasteiger charge is -2.20. The maximum atomic E-state index is 13.7. The van der Waals surface area contributed by atoms with E-state index in [9.17, 15) is 8.78 Å². The van der Waals surface area contributed by atoms with Crippen molar-refractivity contribution >= 4 is 0 Å². The normalized spacial score (nSPS) is 24.9. The largest absolute Gasteiger partial charge is 0.319 e. The molecule has 0 heterocycles. The van der Waals surface area contributed by atoms with Gasteiger partial charge in [-0.15, -0.1) is 0 Å². The van der Waals surface area contributed by atoms with Gasteiger partial charge in [0.1, 0.15) is 11.6 Å². The highest BCUT2D eigenvalue weighted by Gasteiger charge is 2.29. The first-order valence-electron chi connectivity index (χ1n) is 5.82. The van der Waals surface area contributed by atoms with Gasteiger partial charge in [-0.1, -0.05) is 12.5 Å². The maximum Gasteiger partial charge on any atom is 0.129 e. The van der Waals surface area contributed by atoms with Crippen molar-refractivity contribution in [3.05, 3.63) is 35.4 Å². The Labute approximate surface area is 94.9 Å². The molecule has 88 valence electrons. The van der Waals surface area contributed by atoms with Gasteiger partial charge in [0, 0.05) is 6.07 Å². The molecule has 1 aliphatic carbocycles. The average molecular weight is 225 g/mol. The summed E-state index contributed by atoms with van der Waals surface area (Å²) >= 11 is 0. The van der Waals surface area contributed by atoms with E-state index in [0.29, 0.717) is 11.5 Å². The molecular formula is C13H17F2N. The second kappa shape index (κ2) is 4.91. The Morgan fingerprint density at radius 3 is 2.81 bits per heavy atom. The van der Waals surface area contributed by atoms with Crippen LogP contribution in [0.25, 0.3) is 0 Å². The predicted molar refractivity (Wildman–Crippen MR) is 60.4 cm³/mol. The fourth-order valence-electron chi connectivity index (χ4n) is 2.75. The summed E-state index contributed by atoms with van der Waals surface area (Å²) in [5.74, 6) is -0.171. The molecule has 1 nitrogen and oxygen atoms in total. The molecule has 0 amide bonds. The second-order valence-electron chi connectivity index (χ2n) is 4.52. The van der Waals surface area contributed by atoms with E-state index in [-0.39, 0.29) is 5.92 Å². The Kier molecular flexibility index (Phi) is 3.54. The Bertz CT molecular complexity index is 365. The molecule has 0 aliphatic heterocycles. The van der Waals surface area contributed by atoms with Gasteiger partial charge in [0.05, 0.1) is 0 Å². The molecule has 1 aliphatic rings. The van der Waals surface area contributed by atoms with Crippen molar-refractivity contribution in [2.75, 3.05) is 13.6 Å². The topological polar surface area (TPSA) is 12.0 Å². The zero-order valence-electron chi connectivity index (χ0n) is 9.47. The van der Waals surface area contributed by atoms with Crippen molar-refractivity contribution in [1.29, 1.82) is 0 Å². The van der Waals surface area contributed by atoms with Gasteiger partial charge in [0.25, 0.3) is 0 Å². The van der Waals surface area contributed by atoms with Crippen molar-refractivity contribution in [3.8, 4) is 0 Å². The zero-order chi connectivity index (χ0) is 11.5. The fourth-order valence-corrected chi connectivity index (χ4v) is 2.75. The minimum atomic E-state index is -0.496. The molecule has 1 N–H and O–H groups in total. The summed E-state index contributed by atoms with van der Waals surface area (Å²) in [4.78, 5) is 0. The van der Waals surface area contributed by atoms with Crippen LogP contribution in [-0.2, 0) is 0 Å². The minimum absolute atomic E-state index is 0.244. The lowest BCUT2D eigenvalue weighted by Crippen LogP contribution is -2.21. The number of benzene rings is 1. The predicted octanol–water partition coefficient (Wildman–Crippen LogP) is 3.07. The Hall–Kier alpha value is -0.960. The molecule has 0 spiro atoms. The van der Waals surface area contributed by atoms with Gasteiger partial charge in [-0.25, -0.2) is 8.78 Å². The van der Waals surface area contributed by atoms with Gasteiger partial charge in [-0.05, 0) is 49.9 Å². The number of nitrogens with one attached hydrogen (secondary N) is 1. The molecule has 1 aromatic rings. The third kappa shape index (κ3) is 2.24. The Balaban J connectivity index is 2.22. The number of halogens is 2. The standard InChI is InChI=1S/C13H17F2N/c1-16-8-9-3-2-4-11(9)12-6-5-10(14)7-13(12)15/h5-7,9,11,16H,2-4,8H2,1H3. The van der Waals surface area contributed by atoms with E-state index in [1.54, 1.807) is 6.07 Å². The van der Waals surface area contributed by atoms with Crippen LogP contribution in [0.4, 0.5) is 8.78 Å². The van der Waals surface area contributed by atoms with Gasteiger partial charge in [0.2, 0.25) is 0 Å². The van der Waals surface area contributed by atoms with Gasteiger partial charge >= 0.3 is 0 Å². The van der Waals surface area contributed by atoms with Gasteiger partial charge in [-0.3, -0.25) is 0 Å². The molecule has 0 aromatic heterocycles. The van der Waals surface area contributed by atoms with Crippen LogP contribution in [-0.4, -0.2) is 13.6 Å². The summed E-state index contributed by atoms with van der Waals surface area (Å²) in [5, 5.41) is 3.14. The van der Waals surface area contributed by atoms with Crippen LogP contribution < -0.4 is 5.32 Å². The van der Waals surface area contributed by atoms with Crippen LogP contribution in [0.5, 0.6) is 0 Å². The maximum absolute atomic E-state index is 13.7. The summed E-state index contributed by atoms with van der Waals surface area (Å²) in [6.07, 6.45) is 3.27. The number of hydrogen-bond donors (Lipinski definition) is 1. The van der Waals surface area contributed by atoms with Crippen LogP contribution in [0.3, 0.4) is 0 Å². The number of rotatable bonds is 3. The molecule has 2 rings (SSSR count). The van der Waals surface area contributed by atoms with E-state index >= 15 is 0 Å². The third-order valence-corrected chi connectivity index (χ3v) is 3.49. The molecule has 2 atom stereocenters. The third-order valence-electron chi connectivity index (χ3n) is 3.49. The summed E-state index contributed by atoms with van der Waals surface area (Å²) in [5.41, 5.74) is 0.680. The van der Waals surface area contributed by atoms with Crippen LogP contribution >= 0.6 is 0 Å². The molecule has 2 unspecified atom stereocenters. The highest BCUT2D eigenvalue weighted by molar-refractivity contribution is 5.24. The number of hydrogen-bond acceptors (Lipinski definition) is 1. The SMILES string of the molecule is CNCC1CCCC1c1ccc(F)cc1F. The summed E-state index contributed by atoms with van der Waals surface area (Å²) in [6.45, 7) is 0.904. The molecule has 3 heteroatoms. The van der Waals surface area contributed by atoms with Crippen molar-refractivity contribution in [2.45, 2.75) is 25.2 Å². The van der Waals surface area contributed by atoms with Crippen LogP contribution in [0, 0.1) is 17.6 Å². The van der Waals surface area contributed by atoms with E-state index < -0.39 is 11.6 Å². The molecular weight excluding hydrogens is 208 g/mol. The van der Waals surface area contributed by atoms with Crippen LogP contribution in [0.15, 0.2) is 18.2 Å². The van der Waals surface area contributed by atoms with E-state index in [1.165, 1.54) is 6.07 Å². The smallest absolute Gasteiger partial charge is 0.129 e. The summed E-state index contributed by atoms with van der Waals surface area (Å²) in [7, 11) is 1.91.